The molecule has 0 fully saturated rings. The van der Waals surface area contributed by atoms with Gasteiger partial charge in [-0.05, 0) is 43.7 Å². The van der Waals surface area contributed by atoms with Crippen LogP contribution in [0.1, 0.15) is 24.3 Å². The van der Waals surface area contributed by atoms with Crippen LogP contribution < -0.4 is 15.4 Å². The van der Waals surface area contributed by atoms with Crippen LogP contribution in [0.2, 0.25) is 4.34 Å². The van der Waals surface area contributed by atoms with Crippen molar-refractivity contribution in [2.24, 2.45) is 4.99 Å². The largest absolute Gasteiger partial charge is 0.484 e. The molecule has 0 atom stereocenters. The van der Waals surface area contributed by atoms with Crippen molar-refractivity contribution < 1.29 is 9.53 Å². The number of nitrogens with one attached hydrogen (secondary N) is 2. The molecule has 0 aliphatic carbocycles. The van der Waals surface area contributed by atoms with Crippen LogP contribution in [0.5, 0.6) is 5.75 Å². The number of benzene rings is 1. The van der Waals surface area contributed by atoms with Crippen molar-refractivity contribution in [2.45, 2.75) is 26.9 Å². The Kier molecular flexibility index (Phi) is 12.0. The van der Waals surface area contributed by atoms with Gasteiger partial charge in [-0.25, -0.2) is 4.99 Å². The number of nitrogens with zero attached hydrogens (tertiary/aromatic N) is 2. The van der Waals surface area contributed by atoms with Gasteiger partial charge in [0.25, 0.3) is 5.91 Å². The number of rotatable bonds is 9. The topological polar surface area (TPSA) is 66.0 Å². The molecule has 0 aliphatic heterocycles. The number of ether oxygens (including phenoxy) is 1. The molecule has 6 nitrogen and oxygen atoms in total. The summed E-state index contributed by atoms with van der Waals surface area (Å²) in [5.74, 6) is 1.35. The molecule has 0 radical (unpaired) electrons. The van der Waals surface area contributed by atoms with Crippen molar-refractivity contribution in [3.8, 4) is 5.75 Å². The molecule has 2 N–H and O–H groups in total. The summed E-state index contributed by atoms with van der Waals surface area (Å²) in [6.45, 7) is 6.55. The zero-order valence-corrected chi connectivity index (χ0v) is 20.8. The van der Waals surface area contributed by atoms with Gasteiger partial charge in [-0.1, -0.05) is 23.7 Å². The van der Waals surface area contributed by atoms with Crippen molar-refractivity contribution in [2.75, 3.05) is 26.7 Å². The molecule has 29 heavy (non-hydrogen) atoms. The normalized spacial score (nSPS) is 10.8. The quantitative estimate of drug-likeness (QED) is 0.280. The fraction of sp³-hybridized carbons (Fsp3) is 0.400. The summed E-state index contributed by atoms with van der Waals surface area (Å²) in [6, 6.07) is 11.6. The molecule has 2 aromatic rings. The zero-order chi connectivity index (χ0) is 20.4. The number of aliphatic imine (C=N–C) groups is 1. The van der Waals surface area contributed by atoms with Gasteiger partial charge in [0, 0.05) is 25.0 Å². The number of likely N-dealkylation sites (N-methyl/N-ethyl adjacent to an activating group) is 1. The second-order valence-electron chi connectivity index (χ2n) is 6.12. The van der Waals surface area contributed by atoms with E-state index in [4.69, 9.17) is 21.3 Å². The Morgan fingerprint density at radius 2 is 1.97 bits per heavy atom. The maximum Gasteiger partial charge on any atom is 0.257 e. The first kappa shape index (κ1) is 25.5. The molecule has 0 saturated carbocycles. The highest BCUT2D eigenvalue weighted by Gasteiger charge is 2.08. The highest BCUT2D eigenvalue weighted by atomic mass is 127. The highest BCUT2D eigenvalue weighted by Crippen LogP contribution is 2.22. The molecule has 2 rings (SSSR count). The molecular weight excluding hydrogens is 523 g/mol. The summed E-state index contributed by atoms with van der Waals surface area (Å²) in [7, 11) is 2.00. The first-order valence-electron chi connectivity index (χ1n) is 9.24. The second-order valence-corrected chi connectivity index (χ2v) is 7.92. The number of hydrogen-bond acceptors (Lipinski definition) is 4. The third-order valence-corrected chi connectivity index (χ3v) is 4.99. The van der Waals surface area contributed by atoms with Crippen molar-refractivity contribution in [1.29, 1.82) is 0 Å². The van der Waals surface area contributed by atoms with Gasteiger partial charge >= 0.3 is 0 Å². The van der Waals surface area contributed by atoms with Crippen molar-refractivity contribution in [3.63, 3.8) is 0 Å². The lowest BCUT2D eigenvalue weighted by Gasteiger charge is -2.21. The predicted molar refractivity (Wildman–Crippen MR) is 132 cm³/mol. The van der Waals surface area contributed by atoms with Gasteiger partial charge in [0.2, 0.25) is 0 Å². The summed E-state index contributed by atoms with van der Waals surface area (Å²) in [4.78, 5) is 19.5. The summed E-state index contributed by atoms with van der Waals surface area (Å²) in [6.07, 6.45) is 0. The minimum atomic E-state index is -0.129. The lowest BCUT2D eigenvalue weighted by molar-refractivity contribution is -0.122. The van der Waals surface area contributed by atoms with E-state index in [1.54, 1.807) is 11.3 Å². The molecule has 1 heterocycles. The van der Waals surface area contributed by atoms with Crippen molar-refractivity contribution in [3.05, 3.63) is 51.2 Å². The van der Waals surface area contributed by atoms with E-state index in [0.717, 1.165) is 28.9 Å². The van der Waals surface area contributed by atoms with E-state index >= 15 is 0 Å². The summed E-state index contributed by atoms with van der Waals surface area (Å²) < 4.78 is 6.33. The Morgan fingerprint density at radius 1 is 1.21 bits per heavy atom. The summed E-state index contributed by atoms with van der Waals surface area (Å²) >= 11 is 7.59. The molecule has 0 unspecified atom stereocenters. The van der Waals surface area contributed by atoms with E-state index in [0.29, 0.717) is 18.8 Å². The molecule has 1 amide bonds. The van der Waals surface area contributed by atoms with E-state index in [1.807, 2.05) is 57.3 Å². The molecule has 0 saturated heterocycles. The van der Waals surface area contributed by atoms with E-state index in [2.05, 4.69) is 15.5 Å². The Balaban J connectivity index is 0.00000420. The third kappa shape index (κ3) is 9.22. The van der Waals surface area contributed by atoms with Gasteiger partial charge < -0.3 is 20.3 Å². The van der Waals surface area contributed by atoms with Gasteiger partial charge in [-0.2, -0.15) is 0 Å². The monoisotopic (exact) mass is 550 g/mol. The minimum absolute atomic E-state index is 0. The molecule has 1 aromatic heterocycles. The van der Waals surface area contributed by atoms with Crippen LogP contribution in [0.3, 0.4) is 0 Å². The van der Waals surface area contributed by atoms with E-state index < -0.39 is 0 Å². The first-order chi connectivity index (χ1) is 13.5. The van der Waals surface area contributed by atoms with Crippen LogP contribution in [0.4, 0.5) is 0 Å². The van der Waals surface area contributed by atoms with Crippen molar-refractivity contribution in [1.82, 2.24) is 15.5 Å². The maximum atomic E-state index is 11.5. The average molecular weight is 551 g/mol. The molecule has 9 heteroatoms. The second kappa shape index (κ2) is 13.7. The van der Waals surface area contributed by atoms with E-state index in [1.165, 1.54) is 4.88 Å². The predicted octanol–water partition coefficient (Wildman–Crippen LogP) is 4.13. The van der Waals surface area contributed by atoms with Crippen LogP contribution >= 0.6 is 46.9 Å². The lowest BCUT2D eigenvalue weighted by Crippen LogP contribution is -2.38. The number of guanidine groups is 1. The number of halogens is 2. The molecular formula is C20H28ClIN4O2S. The number of hydrogen-bond donors (Lipinski definition) is 2. The SMILES string of the molecule is CCNC(=O)COc1cccc(CN=C(NCC)N(C)Cc2ccc(Cl)s2)c1.I. The average Bonchev–Trinajstić information content (AvgIpc) is 3.08. The van der Waals surface area contributed by atoms with Gasteiger partial charge in [-0.15, -0.1) is 35.3 Å². The van der Waals surface area contributed by atoms with Crippen molar-refractivity contribution >= 4 is 58.8 Å². The maximum absolute atomic E-state index is 11.5. The third-order valence-electron chi connectivity index (χ3n) is 3.77. The number of carbonyl (C=O) groups is 1. The number of carbonyl (C=O) groups excluding carboxylic acids is 1. The van der Waals surface area contributed by atoms with E-state index in [9.17, 15) is 4.79 Å². The Labute approximate surface area is 198 Å². The highest BCUT2D eigenvalue weighted by molar-refractivity contribution is 14.0. The van der Waals surface area contributed by atoms with Crippen LogP contribution in [0.25, 0.3) is 0 Å². The molecule has 0 spiro atoms. The van der Waals surface area contributed by atoms with Gasteiger partial charge in [0.05, 0.1) is 17.4 Å². The standard InChI is InChI=1S/C20H27ClN4O2S.HI/c1-4-22-19(26)14-27-16-8-6-7-15(11-16)12-24-20(23-5-2)25(3)13-17-9-10-18(21)28-17;/h6-11H,4-5,12-14H2,1-3H3,(H,22,26)(H,23,24);1H. The van der Waals surface area contributed by atoms with Crippen LogP contribution in [-0.4, -0.2) is 43.5 Å². The number of amides is 1. The molecule has 0 bridgehead atoms. The molecule has 1 aromatic carbocycles. The van der Waals surface area contributed by atoms with Gasteiger partial charge in [-0.3, -0.25) is 4.79 Å². The summed E-state index contributed by atoms with van der Waals surface area (Å²) in [5, 5.41) is 6.02. The number of thiophene rings is 1. The molecule has 160 valence electrons. The Hall–Kier alpha value is -1.52. The Morgan fingerprint density at radius 3 is 2.62 bits per heavy atom. The molecule has 0 aliphatic rings. The minimum Gasteiger partial charge on any atom is -0.484 e. The fourth-order valence-corrected chi connectivity index (χ4v) is 3.65. The zero-order valence-electron chi connectivity index (χ0n) is 16.9. The van der Waals surface area contributed by atoms with Gasteiger partial charge in [0.1, 0.15) is 5.75 Å². The van der Waals surface area contributed by atoms with Crippen LogP contribution in [0, 0.1) is 0 Å². The Bertz CT molecular complexity index is 800. The first-order valence-corrected chi connectivity index (χ1v) is 10.4. The smallest absolute Gasteiger partial charge is 0.257 e. The van der Waals surface area contributed by atoms with Crippen LogP contribution in [0.15, 0.2) is 41.4 Å². The summed E-state index contributed by atoms with van der Waals surface area (Å²) in [5.41, 5.74) is 1.01. The lowest BCUT2D eigenvalue weighted by atomic mass is 10.2. The van der Waals surface area contributed by atoms with Crippen LogP contribution in [-0.2, 0) is 17.9 Å². The van der Waals surface area contributed by atoms with Gasteiger partial charge in [0.15, 0.2) is 12.6 Å². The van der Waals surface area contributed by atoms with E-state index in [-0.39, 0.29) is 36.5 Å². The fourth-order valence-electron chi connectivity index (χ4n) is 2.51.